The first-order valence-corrected chi connectivity index (χ1v) is 6.66. The molecule has 1 aromatic heterocycles. The number of nitrogens with two attached hydrogens (primary N) is 1. The first kappa shape index (κ1) is 14.0. The molecule has 2 heterocycles. The van der Waals surface area contributed by atoms with Crippen molar-refractivity contribution in [3.63, 3.8) is 0 Å². The Balaban J connectivity index is 2.27. The number of methoxy groups -OCH3 is 1. The van der Waals surface area contributed by atoms with E-state index in [4.69, 9.17) is 10.5 Å². The van der Waals surface area contributed by atoms with E-state index in [0.29, 0.717) is 19.6 Å². The molecular formula is C13H22N4O2. The van der Waals surface area contributed by atoms with Crippen LogP contribution in [0.1, 0.15) is 30.9 Å². The van der Waals surface area contributed by atoms with E-state index in [9.17, 15) is 4.79 Å². The highest BCUT2D eigenvalue weighted by Crippen LogP contribution is 2.29. The topological polar surface area (TPSA) is 73.4 Å². The average molecular weight is 266 g/mol. The van der Waals surface area contributed by atoms with E-state index >= 15 is 0 Å². The highest BCUT2D eigenvalue weighted by Gasteiger charge is 2.33. The van der Waals surface area contributed by atoms with Crippen LogP contribution in [0.2, 0.25) is 0 Å². The summed E-state index contributed by atoms with van der Waals surface area (Å²) in [5.41, 5.74) is 7.27. The van der Waals surface area contributed by atoms with Gasteiger partial charge in [0.05, 0.1) is 18.8 Å². The molecule has 2 N–H and O–H groups in total. The van der Waals surface area contributed by atoms with Gasteiger partial charge in [-0.25, -0.2) is 0 Å². The zero-order valence-corrected chi connectivity index (χ0v) is 11.6. The van der Waals surface area contributed by atoms with Gasteiger partial charge in [-0.1, -0.05) is 0 Å². The van der Waals surface area contributed by atoms with Crippen LogP contribution in [0.25, 0.3) is 0 Å². The van der Waals surface area contributed by atoms with Crippen molar-refractivity contribution in [2.75, 3.05) is 20.3 Å². The maximum absolute atomic E-state index is 12.2. The maximum Gasteiger partial charge on any atom is 0.223 e. The minimum atomic E-state index is -0.0983. The molecule has 106 valence electrons. The molecule has 19 heavy (non-hydrogen) atoms. The Kier molecular flexibility index (Phi) is 4.55. The van der Waals surface area contributed by atoms with Crippen LogP contribution in [0, 0.1) is 0 Å². The number of nitrogens with zero attached hydrogens (tertiary/aromatic N) is 3. The number of aromatic nitrogens is 2. The van der Waals surface area contributed by atoms with Gasteiger partial charge in [0.2, 0.25) is 5.91 Å². The molecule has 6 nitrogen and oxygen atoms in total. The fourth-order valence-electron chi connectivity index (χ4n) is 2.65. The average Bonchev–Trinajstić information content (AvgIpc) is 2.74. The van der Waals surface area contributed by atoms with Crippen LogP contribution in [0.5, 0.6) is 0 Å². The lowest BCUT2D eigenvalue weighted by Crippen LogP contribution is -2.43. The number of carbonyl (C=O) groups is 1. The lowest BCUT2D eigenvalue weighted by Gasteiger charge is -2.32. The molecule has 0 aromatic carbocycles. The number of carbonyl (C=O) groups excluding carboxylic acids is 1. The normalized spacial score (nSPS) is 24.6. The number of likely N-dealkylation sites (tertiary alicyclic amines) is 1. The summed E-state index contributed by atoms with van der Waals surface area (Å²) in [7, 11) is 3.51. The van der Waals surface area contributed by atoms with Gasteiger partial charge in [0.15, 0.2) is 0 Å². The number of ether oxygens (including phenoxy) is 1. The second-order valence-electron chi connectivity index (χ2n) is 5.03. The van der Waals surface area contributed by atoms with Crippen molar-refractivity contribution in [1.82, 2.24) is 14.7 Å². The fourth-order valence-corrected chi connectivity index (χ4v) is 2.65. The number of hydrogen-bond acceptors (Lipinski definition) is 4. The van der Waals surface area contributed by atoms with Crippen LogP contribution in [0.15, 0.2) is 12.4 Å². The highest BCUT2D eigenvalue weighted by atomic mass is 16.5. The van der Waals surface area contributed by atoms with E-state index in [1.54, 1.807) is 18.0 Å². The molecule has 1 fully saturated rings. The van der Waals surface area contributed by atoms with E-state index in [1.165, 1.54) is 0 Å². The van der Waals surface area contributed by atoms with E-state index in [2.05, 4.69) is 5.10 Å². The predicted molar refractivity (Wildman–Crippen MR) is 71.4 cm³/mol. The second-order valence-corrected chi connectivity index (χ2v) is 5.03. The SMILES string of the molecule is COCCN1C(=O)CCCC(N)C1c1cnn(C)c1. The van der Waals surface area contributed by atoms with Crippen LogP contribution < -0.4 is 5.73 Å². The molecular weight excluding hydrogens is 244 g/mol. The van der Waals surface area contributed by atoms with Gasteiger partial charge in [0, 0.05) is 44.9 Å². The number of amides is 1. The molecule has 0 bridgehead atoms. The van der Waals surface area contributed by atoms with Gasteiger partial charge >= 0.3 is 0 Å². The lowest BCUT2D eigenvalue weighted by atomic mass is 9.99. The largest absolute Gasteiger partial charge is 0.383 e. The maximum atomic E-state index is 12.2. The van der Waals surface area contributed by atoms with Crippen molar-refractivity contribution in [2.24, 2.45) is 12.8 Å². The Labute approximate surface area is 113 Å². The van der Waals surface area contributed by atoms with E-state index in [0.717, 1.165) is 18.4 Å². The summed E-state index contributed by atoms with van der Waals surface area (Å²) in [4.78, 5) is 14.1. The molecule has 2 atom stereocenters. The van der Waals surface area contributed by atoms with Gasteiger partial charge in [-0.3, -0.25) is 9.48 Å². The Bertz CT molecular complexity index is 432. The number of rotatable bonds is 4. The third-order valence-electron chi connectivity index (χ3n) is 3.59. The van der Waals surface area contributed by atoms with Crippen LogP contribution in [0.3, 0.4) is 0 Å². The fraction of sp³-hybridized carbons (Fsp3) is 0.692. The minimum Gasteiger partial charge on any atom is -0.383 e. The summed E-state index contributed by atoms with van der Waals surface area (Å²) in [5.74, 6) is 0.152. The highest BCUT2D eigenvalue weighted by molar-refractivity contribution is 5.77. The van der Waals surface area contributed by atoms with Gasteiger partial charge in [0.1, 0.15) is 0 Å². The quantitative estimate of drug-likeness (QED) is 0.858. The van der Waals surface area contributed by atoms with Gasteiger partial charge in [-0.05, 0) is 12.8 Å². The second kappa shape index (κ2) is 6.16. The molecule has 1 aromatic rings. The molecule has 1 aliphatic rings. The first-order valence-electron chi connectivity index (χ1n) is 6.66. The molecule has 0 radical (unpaired) electrons. The molecule has 1 amide bonds. The van der Waals surface area contributed by atoms with Gasteiger partial charge < -0.3 is 15.4 Å². The molecule has 0 saturated carbocycles. The van der Waals surface area contributed by atoms with Crippen molar-refractivity contribution in [1.29, 1.82) is 0 Å². The van der Waals surface area contributed by atoms with Crippen molar-refractivity contribution in [3.05, 3.63) is 18.0 Å². The number of hydrogen-bond donors (Lipinski definition) is 1. The van der Waals surface area contributed by atoms with E-state index < -0.39 is 0 Å². The first-order chi connectivity index (χ1) is 9.13. The van der Waals surface area contributed by atoms with Crippen LogP contribution in [0.4, 0.5) is 0 Å². The Morgan fingerprint density at radius 2 is 2.37 bits per heavy atom. The zero-order valence-electron chi connectivity index (χ0n) is 11.6. The third-order valence-corrected chi connectivity index (χ3v) is 3.59. The molecule has 0 spiro atoms. The minimum absolute atomic E-state index is 0.0486. The molecule has 1 saturated heterocycles. The van der Waals surface area contributed by atoms with Gasteiger partial charge in [-0.2, -0.15) is 5.10 Å². The third kappa shape index (κ3) is 3.13. The Morgan fingerprint density at radius 1 is 1.58 bits per heavy atom. The zero-order chi connectivity index (χ0) is 13.8. The van der Waals surface area contributed by atoms with E-state index in [1.807, 2.05) is 18.1 Å². The van der Waals surface area contributed by atoms with Crippen molar-refractivity contribution >= 4 is 5.91 Å². The predicted octanol–water partition coefficient (Wildman–Crippen LogP) is 0.447. The summed E-state index contributed by atoms with van der Waals surface area (Å²) in [6.45, 7) is 1.10. The standard InChI is InChI=1S/C13H22N4O2/c1-16-9-10(8-15-16)13-11(14)4-3-5-12(18)17(13)6-7-19-2/h8-9,11,13H,3-7,14H2,1-2H3. The molecule has 1 aliphatic heterocycles. The summed E-state index contributed by atoms with van der Waals surface area (Å²) in [5, 5.41) is 4.19. The summed E-state index contributed by atoms with van der Waals surface area (Å²) in [6.07, 6.45) is 6.00. The van der Waals surface area contributed by atoms with Crippen LogP contribution in [-0.2, 0) is 16.6 Å². The van der Waals surface area contributed by atoms with Crippen molar-refractivity contribution in [3.8, 4) is 0 Å². The van der Waals surface area contributed by atoms with Crippen molar-refractivity contribution in [2.45, 2.75) is 31.3 Å². The molecule has 2 unspecified atom stereocenters. The molecule has 6 heteroatoms. The van der Waals surface area contributed by atoms with Gasteiger partial charge in [0.25, 0.3) is 0 Å². The summed E-state index contributed by atoms with van der Waals surface area (Å²) in [6, 6.07) is -0.147. The monoisotopic (exact) mass is 266 g/mol. The number of aryl methyl sites for hydroxylation is 1. The summed E-state index contributed by atoms with van der Waals surface area (Å²) < 4.78 is 6.84. The molecule has 0 aliphatic carbocycles. The Hall–Kier alpha value is -1.40. The Morgan fingerprint density at radius 3 is 3.00 bits per heavy atom. The molecule has 2 rings (SSSR count). The van der Waals surface area contributed by atoms with Crippen LogP contribution in [-0.4, -0.2) is 46.9 Å². The summed E-state index contributed by atoms with van der Waals surface area (Å²) >= 11 is 0. The lowest BCUT2D eigenvalue weighted by molar-refractivity contribution is -0.134. The van der Waals surface area contributed by atoms with Crippen molar-refractivity contribution < 1.29 is 9.53 Å². The van der Waals surface area contributed by atoms with Crippen LogP contribution >= 0.6 is 0 Å². The van der Waals surface area contributed by atoms with Gasteiger partial charge in [-0.15, -0.1) is 0 Å². The van der Waals surface area contributed by atoms with E-state index in [-0.39, 0.29) is 18.0 Å². The smallest absolute Gasteiger partial charge is 0.223 e.